The number of ether oxygens (including phenoxy) is 1. The van der Waals surface area contributed by atoms with Crippen molar-refractivity contribution in [2.75, 3.05) is 12.8 Å². The zero-order valence-electron chi connectivity index (χ0n) is 8.31. The van der Waals surface area contributed by atoms with Crippen molar-refractivity contribution >= 4 is 17.3 Å². The van der Waals surface area contributed by atoms with Gasteiger partial charge in [0, 0.05) is 6.07 Å². The number of carbonyl (C=O) groups is 1. The third-order valence-corrected chi connectivity index (χ3v) is 2.03. The Balaban J connectivity index is 3.48. The van der Waals surface area contributed by atoms with E-state index in [-0.39, 0.29) is 16.9 Å². The molecule has 0 bridgehead atoms. The molecule has 1 rings (SSSR count). The molecule has 0 saturated carbocycles. The Morgan fingerprint density at radius 1 is 1.53 bits per heavy atom. The van der Waals surface area contributed by atoms with Crippen molar-refractivity contribution in [2.45, 2.75) is 6.92 Å². The molecule has 6 heteroatoms. The summed E-state index contributed by atoms with van der Waals surface area (Å²) in [5, 5.41) is 10.6. The zero-order valence-corrected chi connectivity index (χ0v) is 8.31. The molecule has 0 spiro atoms. The van der Waals surface area contributed by atoms with Crippen LogP contribution >= 0.6 is 0 Å². The lowest BCUT2D eigenvalue weighted by atomic mass is 10.1. The van der Waals surface area contributed by atoms with Crippen molar-refractivity contribution < 1.29 is 14.5 Å². The van der Waals surface area contributed by atoms with Gasteiger partial charge in [0.25, 0.3) is 5.69 Å². The summed E-state index contributed by atoms with van der Waals surface area (Å²) >= 11 is 0. The van der Waals surface area contributed by atoms with Gasteiger partial charge in [-0.25, -0.2) is 4.79 Å². The first-order valence-corrected chi connectivity index (χ1v) is 4.10. The van der Waals surface area contributed by atoms with Crippen LogP contribution in [-0.2, 0) is 4.74 Å². The highest BCUT2D eigenvalue weighted by molar-refractivity contribution is 6.00. The van der Waals surface area contributed by atoms with Crippen molar-refractivity contribution in [2.24, 2.45) is 0 Å². The molecule has 0 aliphatic heterocycles. The number of hydrogen-bond donors (Lipinski definition) is 1. The normalized spacial score (nSPS) is 9.73. The predicted molar refractivity (Wildman–Crippen MR) is 53.6 cm³/mol. The predicted octanol–water partition coefficient (Wildman–Crippen LogP) is 1.27. The summed E-state index contributed by atoms with van der Waals surface area (Å²) < 4.78 is 4.44. The molecular weight excluding hydrogens is 200 g/mol. The molecular formula is C9H10N2O4. The summed E-state index contributed by atoms with van der Waals surface area (Å²) in [4.78, 5) is 21.3. The van der Waals surface area contributed by atoms with E-state index in [1.54, 1.807) is 6.92 Å². The number of hydrogen-bond acceptors (Lipinski definition) is 5. The summed E-state index contributed by atoms with van der Waals surface area (Å²) in [6.45, 7) is 1.66. The minimum absolute atomic E-state index is 0.0797. The van der Waals surface area contributed by atoms with E-state index in [0.717, 1.165) is 7.11 Å². The number of nitrogens with two attached hydrogens (primary N) is 1. The van der Waals surface area contributed by atoms with Crippen LogP contribution in [0.15, 0.2) is 12.1 Å². The van der Waals surface area contributed by atoms with E-state index in [9.17, 15) is 14.9 Å². The minimum Gasteiger partial charge on any atom is -0.465 e. The smallest absolute Gasteiger partial charge is 0.347 e. The fourth-order valence-corrected chi connectivity index (χ4v) is 1.18. The van der Waals surface area contributed by atoms with Crippen LogP contribution in [0.4, 0.5) is 11.4 Å². The molecule has 0 saturated heterocycles. The number of nitro groups is 1. The Hall–Kier alpha value is -2.11. The number of benzene rings is 1. The molecule has 0 radical (unpaired) electrons. The average Bonchev–Trinajstić information content (AvgIpc) is 2.20. The molecule has 0 atom stereocenters. The summed E-state index contributed by atoms with van der Waals surface area (Å²) in [7, 11) is 1.15. The van der Waals surface area contributed by atoms with Crippen LogP contribution in [0.25, 0.3) is 0 Å². The van der Waals surface area contributed by atoms with Crippen LogP contribution in [0.2, 0.25) is 0 Å². The summed E-state index contributed by atoms with van der Waals surface area (Å²) in [5.41, 5.74) is 5.74. The van der Waals surface area contributed by atoms with Crippen LogP contribution in [0, 0.1) is 17.0 Å². The largest absolute Gasteiger partial charge is 0.465 e. The maximum absolute atomic E-state index is 11.3. The molecule has 0 unspecified atom stereocenters. The second kappa shape index (κ2) is 3.95. The molecule has 0 aliphatic rings. The summed E-state index contributed by atoms with van der Waals surface area (Å²) in [6.07, 6.45) is 0. The Kier molecular flexibility index (Phi) is 2.89. The van der Waals surface area contributed by atoms with Crippen molar-refractivity contribution in [3.05, 3.63) is 33.4 Å². The zero-order chi connectivity index (χ0) is 11.6. The number of esters is 1. The first kappa shape index (κ1) is 11.0. The third kappa shape index (κ3) is 1.88. The number of methoxy groups -OCH3 is 1. The van der Waals surface area contributed by atoms with Crippen LogP contribution in [-0.4, -0.2) is 18.0 Å². The van der Waals surface area contributed by atoms with E-state index in [2.05, 4.69) is 4.74 Å². The SMILES string of the molecule is COC(=O)c1c([N+](=O)[O-])ccc(C)c1N. The molecule has 0 fully saturated rings. The van der Waals surface area contributed by atoms with Gasteiger partial charge in [-0.3, -0.25) is 10.1 Å². The average molecular weight is 210 g/mol. The molecule has 6 nitrogen and oxygen atoms in total. The lowest BCUT2D eigenvalue weighted by Crippen LogP contribution is -2.10. The topological polar surface area (TPSA) is 95.5 Å². The Morgan fingerprint density at radius 2 is 2.13 bits per heavy atom. The first-order valence-electron chi connectivity index (χ1n) is 4.10. The summed E-state index contributed by atoms with van der Waals surface area (Å²) in [6, 6.07) is 2.72. The van der Waals surface area contributed by atoms with E-state index in [1.165, 1.54) is 12.1 Å². The van der Waals surface area contributed by atoms with E-state index in [1.807, 2.05) is 0 Å². The Labute approximate surface area is 85.8 Å². The van der Waals surface area contributed by atoms with Gasteiger partial charge in [0.2, 0.25) is 0 Å². The second-order valence-corrected chi connectivity index (χ2v) is 2.94. The number of rotatable bonds is 2. The van der Waals surface area contributed by atoms with Gasteiger partial charge < -0.3 is 10.5 Å². The molecule has 1 aromatic rings. The van der Waals surface area contributed by atoms with Gasteiger partial charge in [-0.1, -0.05) is 6.07 Å². The first-order chi connectivity index (χ1) is 6.99. The highest BCUT2D eigenvalue weighted by Crippen LogP contribution is 2.27. The van der Waals surface area contributed by atoms with Gasteiger partial charge in [0.05, 0.1) is 17.7 Å². The number of nitro benzene ring substituents is 1. The standard InChI is InChI=1S/C9H10N2O4/c1-5-3-4-6(11(13)14)7(8(5)10)9(12)15-2/h3-4H,10H2,1-2H3. The minimum atomic E-state index is -0.803. The molecule has 0 aliphatic carbocycles. The lowest BCUT2D eigenvalue weighted by molar-refractivity contribution is -0.385. The number of carbonyl (C=O) groups excluding carboxylic acids is 1. The molecule has 15 heavy (non-hydrogen) atoms. The Morgan fingerprint density at radius 3 is 2.60 bits per heavy atom. The lowest BCUT2D eigenvalue weighted by Gasteiger charge is -2.06. The van der Waals surface area contributed by atoms with Gasteiger partial charge in [-0.2, -0.15) is 0 Å². The Bertz CT molecular complexity index is 428. The number of aryl methyl sites for hydroxylation is 1. The van der Waals surface area contributed by atoms with Crippen molar-refractivity contribution in [3.8, 4) is 0 Å². The van der Waals surface area contributed by atoms with Gasteiger partial charge in [-0.15, -0.1) is 0 Å². The molecule has 0 amide bonds. The summed E-state index contributed by atoms with van der Waals surface area (Å²) in [5.74, 6) is -0.803. The van der Waals surface area contributed by atoms with E-state index in [0.29, 0.717) is 5.56 Å². The molecule has 1 aromatic carbocycles. The van der Waals surface area contributed by atoms with Crippen molar-refractivity contribution in [1.29, 1.82) is 0 Å². The highest BCUT2D eigenvalue weighted by atomic mass is 16.6. The van der Waals surface area contributed by atoms with E-state index >= 15 is 0 Å². The van der Waals surface area contributed by atoms with Crippen LogP contribution < -0.4 is 5.73 Å². The highest BCUT2D eigenvalue weighted by Gasteiger charge is 2.24. The second-order valence-electron chi connectivity index (χ2n) is 2.94. The molecule has 2 N–H and O–H groups in total. The maximum Gasteiger partial charge on any atom is 0.347 e. The number of anilines is 1. The fraction of sp³-hybridized carbons (Fsp3) is 0.222. The van der Waals surface area contributed by atoms with Gasteiger partial charge in [0.1, 0.15) is 0 Å². The monoisotopic (exact) mass is 210 g/mol. The number of nitrogens with zero attached hydrogens (tertiary/aromatic N) is 1. The van der Waals surface area contributed by atoms with Crippen molar-refractivity contribution in [3.63, 3.8) is 0 Å². The molecule has 0 aromatic heterocycles. The van der Waals surface area contributed by atoms with E-state index in [4.69, 9.17) is 5.73 Å². The van der Waals surface area contributed by atoms with Crippen LogP contribution in [0.5, 0.6) is 0 Å². The van der Waals surface area contributed by atoms with Gasteiger partial charge in [0.15, 0.2) is 5.56 Å². The van der Waals surface area contributed by atoms with Crippen LogP contribution in [0.1, 0.15) is 15.9 Å². The quantitative estimate of drug-likeness (QED) is 0.343. The maximum atomic E-state index is 11.3. The van der Waals surface area contributed by atoms with Crippen molar-refractivity contribution in [1.82, 2.24) is 0 Å². The van der Waals surface area contributed by atoms with Gasteiger partial charge >= 0.3 is 5.97 Å². The molecule has 0 heterocycles. The van der Waals surface area contributed by atoms with E-state index < -0.39 is 10.9 Å². The van der Waals surface area contributed by atoms with Crippen LogP contribution in [0.3, 0.4) is 0 Å². The number of nitrogen functional groups attached to an aromatic ring is 1. The fourth-order valence-electron chi connectivity index (χ4n) is 1.18. The van der Waals surface area contributed by atoms with Gasteiger partial charge in [-0.05, 0) is 12.5 Å². The third-order valence-electron chi connectivity index (χ3n) is 2.03. The molecule has 80 valence electrons.